The van der Waals surface area contributed by atoms with Crippen molar-refractivity contribution in [1.29, 1.82) is 0 Å². The van der Waals surface area contributed by atoms with Gasteiger partial charge in [-0.15, -0.1) is 0 Å². The lowest BCUT2D eigenvalue weighted by Crippen LogP contribution is -2.65. The Morgan fingerprint density at radius 2 is 2.00 bits per heavy atom. The molecule has 5 atom stereocenters. The summed E-state index contributed by atoms with van der Waals surface area (Å²) in [5.74, 6) is 0.282. The zero-order valence-corrected chi connectivity index (χ0v) is 9.19. The molecule has 2 heterocycles. The molecule has 2 N–H and O–H groups in total. The average Bonchev–Trinajstić information content (AvgIpc) is 2.54. The van der Waals surface area contributed by atoms with E-state index in [-0.39, 0.29) is 12.0 Å². The lowest BCUT2D eigenvalue weighted by atomic mass is 9.84. The van der Waals surface area contributed by atoms with E-state index in [2.05, 4.69) is 14.0 Å². The van der Waals surface area contributed by atoms with Crippen LogP contribution in [0.4, 0.5) is 0 Å². The van der Waals surface area contributed by atoms with E-state index in [0.717, 1.165) is 23.9 Å². The second kappa shape index (κ2) is 3.47. The van der Waals surface area contributed by atoms with Crippen LogP contribution < -0.4 is 0 Å². The lowest BCUT2D eigenvalue weighted by molar-refractivity contribution is -0.934. The second-order valence-electron chi connectivity index (χ2n) is 5.24. The molecular weight excluding hydrogens is 178 g/mol. The average molecular weight is 200 g/mol. The van der Waals surface area contributed by atoms with E-state index in [1.165, 1.54) is 13.0 Å². The Morgan fingerprint density at radius 1 is 1.29 bits per heavy atom. The van der Waals surface area contributed by atoms with Gasteiger partial charge in [0.2, 0.25) is 0 Å². The van der Waals surface area contributed by atoms with Gasteiger partial charge in [0, 0.05) is 18.8 Å². The van der Waals surface area contributed by atoms with Crippen LogP contribution in [0.25, 0.3) is 0 Å². The molecule has 0 amide bonds. The van der Waals surface area contributed by atoms with Crippen molar-refractivity contribution in [3.8, 4) is 0 Å². The van der Waals surface area contributed by atoms with Crippen LogP contribution in [0.5, 0.6) is 0 Å². The molecular formula is C11H22NO2+. The highest BCUT2D eigenvalue weighted by atomic mass is 16.3. The molecule has 0 saturated carbocycles. The maximum atomic E-state index is 10.0. The molecule has 2 fully saturated rings. The summed E-state index contributed by atoms with van der Waals surface area (Å²) in [5, 5.41) is 20.0. The van der Waals surface area contributed by atoms with Gasteiger partial charge in [-0.2, -0.15) is 0 Å². The van der Waals surface area contributed by atoms with Crippen LogP contribution in [0.3, 0.4) is 0 Å². The van der Waals surface area contributed by atoms with E-state index in [4.69, 9.17) is 0 Å². The summed E-state index contributed by atoms with van der Waals surface area (Å²) in [6.07, 6.45) is 2.25. The normalized spacial score (nSPS) is 53.1. The van der Waals surface area contributed by atoms with E-state index in [1.807, 2.05) is 0 Å². The maximum Gasteiger partial charge on any atom is 0.132 e. The number of nitrogens with zero attached hydrogens (tertiary/aromatic N) is 1. The Kier molecular flexibility index (Phi) is 2.58. The third-order valence-electron chi connectivity index (χ3n) is 4.37. The van der Waals surface area contributed by atoms with Crippen molar-refractivity contribution in [3.05, 3.63) is 0 Å². The Morgan fingerprint density at radius 3 is 2.64 bits per heavy atom. The van der Waals surface area contributed by atoms with Crippen molar-refractivity contribution in [1.82, 2.24) is 0 Å². The summed E-state index contributed by atoms with van der Waals surface area (Å²) in [6, 6.07) is 0.285. The van der Waals surface area contributed by atoms with Crippen LogP contribution in [0.1, 0.15) is 26.2 Å². The number of aliphatic hydroxyl groups is 2. The largest absolute Gasteiger partial charge is 0.390 e. The summed E-state index contributed by atoms with van der Waals surface area (Å²) in [7, 11) is 2.23. The Balaban J connectivity index is 2.19. The molecule has 0 aliphatic carbocycles. The van der Waals surface area contributed by atoms with E-state index in [1.54, 1.807) is 0 Å². The molecule has 0 aromatic rings. The number of quaternary nitrogens is 1. The lowest BCUT2D eigenvalue weighted by Gasteiger charge is -2.47. The number of fused-ring (bicyclic) bond motifs is 1. The molecule has 2 saturated heterocycles. The molecule has 0 aromatic carbocycles. The first-order valence-corrected chi connectivity index (χ1v) is 5.79. The van der Waals surface area contributed by atoms with Crippen molar-refractivity contribution in [2.45, 2.75) is 44.4 Å². The zero-order valence-electron chi connectivity index (χ0n) is 9.19. The Hall–Kier alpha value is -0.120. The molecule has 0 bridgehead atoms. The summed E-state index contributed by atoms with van der Waals surface area (Å²) in [6.45, 7) is 4.31. The fourth-order valence-corrected chi connectivity index (χ4v) is 3.43. The van der Waals surface area contributed by atoms with Gasteiger partial charge >= 0.3 is 0 Å². The predicted octanol–water partition coefficient (Wildman–Crippen LogP) is 0.357. The molecule has 82 valence electrons. The van der Waals surface area contributed by atoms with Gasteiger partial charge in [0.05, 0.1) is 26.2 Å². The van der Waals surface area contributed by atoms with Crippen molar-refractivity contribution >= 4 is 0 Å². The van der Waals surface area contributed by atoms with Crippen LogP contribution in [0.2, 0.25) is 0 Å². The number of hydrogen-bond acceptors (Lipinski definition) is 2. The minimum absolute atomic E-state index is 0.282. The van der Waals surface area contributed by atoms with Crippen molar-refractivity contribution in [3.63, 3.8) is 0 Å². The van der Waals surface area contributed by atoms with Crippen LogP contribution in [0.15, 0.2) is 0 Å². The molecule has 2 aliphatic rings. The zero-order chi connectivity index (χ0) is 10.3. The van der Waals surface area contributed by atoms with E-state index < -0.39 is 12.2 Å². The highest BCUT2D eigenvalue weighted by Crippen LogP contribution is 2.36. The van der Waals surface area contributed by atoms with Gasteiger partial charge in [-0.25, -0.2) is 0 Å². The van der Waals surface area contributed by atoms with E-state index in [9.17, 15) is 10.2 Å². The molecule has 0 radical (unpaired) electrons. The van der Waals surface area contributed by atoms with Crippen LogP contribution >= 0.6 is 0 Å². The van der Waals surface area contributed by atoms with Gasteiger partial charge in [-0.3, -0.25) is 0 Å². The predicted molar refractivity (Wildman–Crippen MR) is 54.7 cm³/mol. The molecule has 3 nitrogen and oxygen atoms in total. The first-order chi connectivity index (χ1) is 6.58. The summed E-state index contributed by atoms with van der Waals surface area (Å²) < 4.78 is 0.983. The monoisotopic (exact) mass is 200 g/mol. The third kappa shape index (κ3) is 1.38. The fourth-order valence-electron chi connectivity index (χ4n) is 3.43. The second-order valence-corrected chi connectivity index (χ2v) is 5.24. The number of rotatable bonds is 1. The van der Waals surface area contributed by atoms with Gasteiger partial charge in [0.25, 0.3) is 0 Å². The van der Waals surface area contributed by atoms with Crippen LogP contribution in [0, 0.1) is 5.92 Å². The fraction of sp³-hybridized carbons (Fsp3) is 1.00. The summed E-state index contributed by atoms with van der Waals surface area (Å²) >= 11 is 0. The number of likely N-dealkylation sites (N-methyl/N-ethyl adjacent to an activating group) is 1. The van der Waals surface area contributed by atoms with E-state index in [0.29, 0.717) is 0 Å². The smallest absolute Gasteiger partial charge is 0.132 e. The van der Waals surface area contributed by atoms with Crippen LogP contribution in [-0.4, -0.2) is 53.1 Å². The number of aliphatic hydroxyl groups excluding tert-OH is 2. The highest BCUT2D eigenvalue weighted by Gasteiger charge is 2.52. The SMILES string of the molecule is CC[C@H]1C[N@@+]2(C)CCC[C@H]2[C@H](O)[C@H]1O. The van der Waals surface area contributed by atoms with Gasteiger partial charge in [0.15, 0.2) is 0 Å². The first-order valence-electron chi connectivity index (χ1n) is 5.79. The number of piperidine rings is 1. The summed E-state index contributed by atoms with van der Waals surface area (Å²) in [5.41, 5.74) is 0. The molecule has 0 aromatic heterocycles. The molecule has 0 spiro atoms. The standard InChI is InChI=1S/C11H22NO2/c1-3-8-7-12(2)6-4-5-9(12)11(14)10(8)13/h8-11,13-14H,3-7H2,1-2H3/q+1/t8-,9-,10-,11-,12+/m0/s1. The first kappa shape index (κ1) is 10.4. The number of hydrogen-bond donors (Lipinski definition) is 2. The molecule has 14 heavy (non-hydrogen) atoms. The van der Waals surface area contributed by atoms with Gasteiger partial charge in [-0.05, 0) is 6.42 Å². The third-order valence-corrected chi connectivity index (χ3v) is 4.37. The van der Waals surface area contributed by atoms with Gasteiger partial charge in [0.1, 0.15) is 12.1 Å². The molecule has 2 aliphatic heterocycles. The van der Waals surface area contributed by atoms with Crippen molar-refractivity contribution in [2.75, 3.05) is 20.1 Å². The maximum absolute atomic E-state index is 10.0. The van der Waals surface area contributed by atoms with Gasteiger partial charge in [-0.1, -0.05) is 6.92 Å². The molecule has 3 heteroatoms. The van der Waals surface area contributed by atoms with Crippen molar-refractivity contribution in [2.24, 2.45) is 5.92 Å². The van der Waals surface area contributed by atoms with E-state index >= 15 is 0 Å². The highest BCUT2D eigenvalue weighted by molar-refractivity contribution is 4.89. The van der Waals surface area contributed by atoms with Crippen molar-refractivity contribution < 1.29 is 14.7 Å². The Bertz CT molecular complexity index is 221. The topological polar surface area (TPSA) is 40.5 Å². The van der Waals surface area contributed by atoms with Gasteiger partial charge < -0.3 is 14.7 Å². The minimum Gasteiger partial charge on any atom is -0.390 e. The summed E-state index contributed by atoms with van der Waals surface area (Å²) in [4.78, 5) is 0. The van der Waals surface area contributed by atoms with Crippen LogP contribution in [-0.2, 0) is 0 Å². The quantitative estimate of drug-likeness (QED) is 0.600. The Labute approximate surface area is 85.9 Å². The molecule has 2 rings (SSSR count). The molecule has 0 unspecified atom stereocenters. The minimum atomic E-state index is -0.499.